The van der Waals surface area contributed by atoms with E-state index in [4.69, 9.17) is 5.73 Å². The number of hydrogen-bond acceptors (Lipinski definition) is 2. The standard InChI is InChI=1S/C11H24N2/c1-3-9(2)13-11(8-12)10-6-4-5-7-10/h9-11,13H,3-8,12H2,1-2H3. The van der Waals surface area contributed by atoms with E-state index in [9.17, 15) is 0 Å². The van der Waals surface area contributed by atoms with Crippen molar-refractivity contribution >= 4 is 0 Å². The van der Waals surface area contributed by atoms with Crippen LogP contribution in [-0.4, -0.2) is 18.6 Å². The first-order chi connectivity index (χ1) is 6.27. The van der Waals surface area contributed by atoms with Crippen molar-refractivity contribution in [2.45, 2.75) is 58.0 Å². The molecule has 1 aliphatic carbocycles. The molecule has 0 radical (unpaired) electrons. The summed E-state index contributed by atoms with van der Waals surface area (Å²) in [6.07, 6.45) is 6.77. The SMILES string of the molecule is CCC(C)NC(CN)C1CCCC1. The van der Waals surface area contributed by atoms with Crippen LogP contribution in [0.15, 0.2) is 0 Å². The summed E-state index contributed by atoms with van der Waals surface area (Å²) in [6.45, 7) is 5.27. The van der Waals surface area contributed by atoms with Gasteiger partial charge in [0.15, 0.2) is 0 Å². The van der Waals surface area contributed by atoms with Gasteiger partial charge in [-0.2, -0.15) is 0 Å². The Hall–Kier alpha value is -0.0800. The molecule has 0 amide bonds. The quantitative estimate of drug-likeness (QED) is 0.685. The van der Waals surface area contributed by atoms with Crippen molar-refractivity contribution in [1.82, 2.24) is 5.32 Å². The van der Waals surface area contributed by atoms with Gasteiger partial charge in [-0.05, 0) is 32.1 Å². The summed E-state index contributed by atoms with van der Waals surface area (Å²) in [5, 5.41) is 3.63. The van der Waals surface area contributed by atoms with Crippen LogP contribution >= 0.6 is 0 Å². The van der Waals surface area contributed by atoms with Crippen LogP contribution in [0.1, 0.15) is 46.0 Å². The fourth-order valence-electron chi connectivity index (χ4n) is 2.24. The van der Waals surface area contributed by atoms with Gasteiger partial charge in [0.2, 0.25) is 0 Å². The van der Waals surface area contributed by atoms with Gasteiger partial charge in [0.25, 0.3) is 0 Å². The fourth-order valence-corrected chi connectivity index (χ4v) is 2.24. The van der Waals surface area contributed by atoms with E-state index in [0.29, 0.717) is 12.1 Å². The Bertz CT molecular complexity index is 130. The molecule has 2 atom stereocenters. The Morgan fingerprint density at radius 2 is 2.00 bits per heavy atom. The predicted octanol–water partition coefficient (Wildman–Crippen LogP) is 1.89. The lowest BCUT2D eigenvalue weighted by atomic mass is 9.97. The normalized spacial score (nSPS) is 23.3. The van der Waals surface area contributed by atoms with Crippen molar-refractivity contribution in [1.29, 1.82) is 0 Å². The third-order valence-corrected chi connectivity index (χ3v) is 3.33. The fraction of sp³-hybridized carbons (Fsp3) is 1.00. The third-order valence-electron chi connectivity index (χ3n) is 3.33. The molecule has 1 saturated carbocycles. The van der Waals surface area contributed by atoms with E-state index < -0.39 is 0 Å². The van der Waals surface area contributed by atoms with Crippen LogP contribution in [0.4, 0.5) is 0 Å². The molecular weight excluding hydrogens is 160 g/mol. The monoisotopic (exact) mass is 184 g/mol. The van der Waals surface area contributed by atoms with E-state index in [2.05, 4.69) is 19.2 Å². The number of rotatable bonds is 5. The zero-order valence-electron chi connectivity index (χ0n) is 9.05. The molecular formula is C11H24N2. The molecule has 0 heterocycles. The average Bonchev–Trinajstić information content (AvgIpc) is 2.66. The lowest BCUT2D eigenvalue weighted by Crippen LogP contribution is -2.45. The lowest BCUT2D eigenvalue weighted by molar-refractivity contribution is 0.331. The van der Waals surface area contributed by atoms with Crippen molar-refractivity contribution in [3.63, 3.8) is 0 Å². The van der Waals surface area contributed by atoms with Crippen LogP contribution in [0, 0.1) is 5.92 Å². The summed E-state index contributed by atoms with van der Waals surface area (Å²) >= 11 is 0. The van der Waals surface area contributed by atoms with Crippen LogP contribution in [0.25, 0.3) is 0 Å². The predicted molar refractivity (Wildman–Crippen MR) is 57.7 cm³/mol. The first-order valence-electron chi connectivity index (χ1n) is 5.74. The number of nitrogens with one attached hydrogen (secondary N) is 1. The summed E-state index contributed by atoms with van der Waals surface area (Å²) in [6, 6.07) is 1.19. The third kappa shape index (κ3) is 3.28. The highest BCUT2D eigenvalue weighted by Crippen LogP contribution is 2.27. The Morgan fingerprint density at radius 3 is 2.46 bits per heavy atom. The molecule has 0 aromatic rings. The van der Waals surface area contributed by atoms with E-state index in [1.807, 2.05) is 0 Å². The lowest BCUT2D eigenvalue weighted by Gasteiger charge is -2.26. The van der Waals surface area contributed by atoms with Crippen LogP contribution in [0.3, 0.4) is 0 Å². The van der Waals surface area contributed by atoms with Gasteiger partial charge < -0.3 is 11.1 Å². The molecule has 0 bridgehead atoms. The van der Waals surface area contributed by atoms with Crippen molar-refractivity contribution in [3.05, 3.63) is 0 Å². The molecule has 0 saturated heterocycles. The van der Waals surface area contributed by atoms with Crippen LogP contribution in [0.2, 0.25) is 0 Å². The maximum Gasteiger partial charge on any atom is 0.0220 e. The highest BCUT2D eigenvalue weighted by Gasteiger charge is 2.24. The smallest absolute Gasteiger partial charge is 0.0220 e. The second-order valence-electron chi connectivity index (χ2n) is 4.36. The van der Waals surface area contributed by atoms with E-state index in [0.717, 1.165) is 12.5 Å². The average molecular weight is 184 g/mol. The number of hydrogen-bond donors (Lipinski definition) is 2. The molecule has 1 rings (SSSR count). The molecule has 2 unspecified atom stereocenters. The van der Waals surface area contributed by atoms with Crippen molar-refractivity contribution in [2.75, 3.05) is 6.54 Å². The topological polar surface area (TPSA) is 38.0 Å². The molecule has 13 heavy (non-hydrogen) atoms. The molecule has 1 fully saturated rings. The zero-order valence-corrected chi connectivity index (χ0v) is 9.05. The van der Waals surface area contributed by atoms with Crippen molar-refractivity contribution < 1.29 is 0 Å². The first kappa shape index (κ1) is 11.0. The molecule has 1 aliphatic rings. The summed E-state index contributed by atoms with van der Waals surface area (Å²) in [4.78, 5) is 0. The van der Waals surface area contributed by atoms with Crippen molar-refractivity contribution in [2.24, 2.45) is 11.7 Å². The number of nitrogens with two attached hydrogens (primary N) is 1. The van der Waals surface area contributed by atoms with Crippen molar-refractivity contribution in [3.8, 4) is 0 Å². The van der Waals surface area contributed by atoms with E-state index in [-0.39, 0.29) is 0 Å². The van der Waals surface area contributed by atoms with Gasteiger partial charge in [0, 0.05) is 18.6 Å². The van der Waals surface area contributed by atoms with Gasteiger partial charge in [-0.1, -0.05) is 19.8 Å². The van der Waals surface area contributed by atoms with Gasteiger partial charge >= 0.3 is 0 Å². The summed E-state index contributed by atoms with van der Waals surface area (Å²) < 4.78 is 0. The van der Waals surface area contributed by atoms with Gasteiger partial charge in [0.1, 0.15) is 0 Å². The van der Waals surface area contributed by atoms with E-state index in [1.54, 1.807) is 0 Å². The Morgan fingerprint density at radius 1 is 1.38 bits per heavy atom. The summed E-state index contributed by atoms with van der Waals surface area (Å²) in [5.41, 5.74) is 5.79. The van der Waals surface area contributed by atoms with E-state index >= 15 is 0 Å². The molecule has 0 aromatic heterocycles. The van der Waals surface area contributed by atoms with Gasteiger partial charge in [-0.25, -0.2) is 0 Å². The van der Waals surface area contributed by atoms with Gasteiger partial charge in [-0.3, -0.25) is 0 Å². The first-order valence-corrected chi connectivity index (χ1v) is 5.74. The maximum atomic E-state index is 5.79. The summed E-state index contributed by atoms with van der Waals surface area (Å²) in [7, 11) is 0. The largest absolute Gasteiger partial charge is 0.329 e. The highest BCUT2D eigenvalue weighted by molar-refractivity contribution is 4.82. The zero-order chi connectivity index (χ0) is 9.68. The molecule has 0 aromatic carbocycles. The van der Waals surface area contributed by atoms with Crippen LogP contribution in [0.5, 0.6) is 0 Å². The second kappa shape index (κ2) is 5.61. The minimum absolute atomic E-state index is 0.567. The van der Waals surface area contributed by atoms with E-state index in [1.165, 1.54) is 32.1 Å². The Kier molecular flexibility index (Phi) is 4.74. The Labute approximate surface area is 82.3 Å². The summed E-state index contributed by atoms with van der Waals surface area (Å²) in [5.74, 6) is 0.846. The van der Waals surface area contributed by atoms with Crippen LogP contribution < -0.4 is 11.1 Å². The van der Waals surface area contributed by atoms with Gasteiger partial charge in [-0.15, -0.1) is 0 Å². The molecule has 78 valence electrons. The molecule has 3 N–H and O–H groups in total. The molecule has 0 spiro atoms. The minimum Gasteiger partial charge on any atom is -0.329 e. The molecule has 2 nitrogen and oxygen atoms in total. The second-order valence-corrected chi connectivity index (χ2v) is 4.36. The molecule has 0 aliphatic heterocycles. The Balaban J connectivity index is 2.32. The molecule has 2 heteroatoms. The highest BCUT2D eigenvalue weighted by atomic mass is 15.0. The minimum atomic E-state index is 0.567. The van der Waals surface area contributed by atoms with Crippen LogP contribution in [-0.2, 0) is 0 Å². The maximum absolute atomic E-state index is 5.79. The van der Waals surface area contributed by atoms with Gasteiger partial charge in [0.05, 0.1) is 0 Å².